The van der Waals surface area contributed by atoms with Gasteiger partial charge in [0.15, 0.2) is 0 Å². The highest BCUT2D eigenvalue weighted by Gasteiger charge is 2.29. The van der Waals surface area contributed by atoms with Crippen LogP contribution < -0.4 is 15.8 Å². The lowest BCUT2D eigenvalue weighted by Crippen LogP contribution is -2.18. The first-order chi connectivity index (χ1) is 13.8. The van der Waals surface area contributed by atoms with Crippen LogP contribution in [-0.4, -0.2) is 30.7 Å². The Balaban J connectivity index is 1.85. The maximum Gasteiger partial charge on any atom is 0.406 e. The van der Waals surface area contributed by atoms with E-state index in [9.17, 15) is 13.2 Å². The summed E-state index contributed by atoms with van der Waals surface area (Å²) < 4.78 is 45.7. The number of ether oxygens (including phenoxy) is 1. The second-order valence-electron chi connectivity index (χ2n) is 6.23. The second-order valence-corrected chi connectivity index (χ2v) is 7.11. The first-order valence-corrected chi connectivity index (χ1v) is 9.94. The van der Waals surface area contributed by atoms with Gasteiger partial charge in [-0.05, 0) is 48.6 Å². The Morgan fingerprint density at radius 2 is 2.00 bits per heavy atom. The minimum absolute atomic E-state index is 0.248. The SMILES string of the molecule is COc1cc(SC)ccc1NCC#Cc1cc2c(N)cccc2n1CC(F)(F)F. The van der Waals surface area contributed by atoms with Crippen molar-refractivity contribution in [3.63, 3.8) is 0 Å². The number of thioether (sulfide) groups is 1. The number of aromatic nitrogens is 1. The number of alkyl halides is 3. The van der Waals surface area contributed by atoms with E-state index >= 15 is 0 Å². The zero-order valence-corrected chi connectivity index (χ0v) is 16.7. The molecule has 0 aliphatic carbocycles. The number of halogens is 3. The molecule has 3 N–H and O–H groups in total. The van der Waals surface area contributed by atoms with Crippen LogP contribution >= 0.6 is 11.8 Å². The van der Waals surface area contributed by atoms with E-state index in [1.807, 2.05) is 24.5 Å². The first kappa shape index (κ1) is 20.8. The van der Waals surface area contributed by atoms with Crippen LogP contribution in [0.15, 0.2) is 47.4 Å². The van der Waals surface area contributed by atoms with Crippen LogP contribution in [0.25, 0.3) is 10.9 Å². The number of anilines is 2. The van der Waals surface area contributed by atoms with Crippen LogP contribution in [0.2, 0.25) is 0 Å². The summed E-state index contributed by atoms with van der Waals surface area (Å²) in [6, 6.07) is 12.2. The largest absolute Gasteiger partial charge is 0.495 e. The third-order valence-corrected chi connectivity index (χ3v) is 5.03. The smallest absolute Gasteiger partial charge is 0.406 e. The van der Waals surface area contributed by atoms with Crippen LogP contribution in [0.4, 0.5) is 24.5 Å². The number of hydrogen-bond donors (Lipinski definition) is 2. The topological polar surface area (TPSA) is 52.2 Å². The van der Waals surface area contributed by atoms with E-state index in [1.54, 1.807) is 43.1 Å². The summed E-state index contributed by atoms with van der Waals surface area (Å²) in [5.74, 6) is 6.40. The van der Waals surface area contributed by atoms with Gasteiger partial charge in [-0.3, -0.25) is 0 Å². The lowest BCUT2D eigenvalue weighted by atomic mass is 10.2. The standard InChI is InChI=1S/C21H20F3N3OS/c1-28-20-12-15(29-2)8-9-18(20)26-10-4-5-14-11-16-17(25)6-3-7-19(16)27(14)13-21(22,23)24/h3,6-9,11-12,26H,10,13,25H2,1-2H3. The molecule has 0 atom stereocenters. The zero-order valence-electron chi connectivity index (χ0n) is 15.9. The number of nitrogen functional groups attached to an aromatic ring is 1. The van der Waals surface area contributed by atoms with Crippen molar-refractivity contribution in [1.82, 2.24) is 4.57 Å². The molecule has 29 heavy (non-hydrogen) atoms. The Morgan fingerprint density at radius 3 is 2.69 bits per heavy atom. The number of nitrogens with one attached hydrogen (secondary N) is 1. The summed E-state index contributed by atoms with van der Waals surface area (Å²) in [4.78, 5) is 1.06. The monoisotopic (exact) mass is 419 g/mol. The van der Waals surface area contributed by atoms with E-state index in [-0.39, 0.29) is 12.2 Å². The Bertz CT molecular complexity index is 1080. The molecule has 1 aromatic heterocycles. The Hall–Kier alpha value is -2.92. The normalized spacial score (nSPS) is 11.2. The van der Waals surface area contributed by atoms with Crippen molar-refractivity contribution >= 4 is 34.0 Å². The van der Waals surface area contributed by atoms with Crippen LogP contribution in [0, 0.1) is 11.8 Å². The fourth-order valence-corrected chi connectivity index (χ4v) is 3.41. The van der Waals surface area contributed by atoms with Crippen molar-refractivity contribution in [2.24, 2.45) is 0 Å². The van der Waals surface area contributed by atoms with Gasteiger partial charge in [0.2, 0.25) is 0 Å². The molecule has 0 saturated carbocycles. The minimum atomic E-state index is -4.36. The summed E-state index contributed by atoms with van der Waals surface area (Å²) in [7, 11) is 1.58. The molecule has 3 rings (SSSR count). The van der Waals surface area contributed by atoms with Crippen molar-refractivity contribution < 1.29 is 17.9 Å². The lowest BCUT2D eigenvalue weighted by molar-refractivity contribution is -0.140. The summed E-state index contributed by atoms with van der Waals surface area (Å²) in [5, 5.41) is 3.69. The van der Waals surface area contributed by atoms with Gasteiger partial charge in [-0.1, -0.05) is 12.0 Å². The van der Waals surface area contributed by atoms with Crippen LogP contribution in [0.5, 0.6) is 5.75 Å². The number of nitrogens with two attached hydrogens (primary N) is 1. The van der Waals surface area contributed by atoms with Crippen molar-refractivity contribution in [3.05, 3.63) is 48.2 Å². The highest BCUT2D eigenvalue weighted by Crippen LogP contribution is 2.30. The fourth-order valence-electron chi connectivity index (χ4n) is 2.98. The van der Waals surface area contributed by atoms with E-state index in [2.05, 4.69) is 17.2 Å². The Morgan fingerprint density at radius 1 is 1.21 bits per heavy atom. The predicted octanol–water partition coefficient (Wildman–Crippen LogP) is 4.98. The molecular formula is C21H20F3N3OS. The van der Waals surface area contributed by atoms with Crippen molar-refractivity contribution in [3.8, 4) is 17.6 Å². The fraction of sp³-hybridized carbons (Fsp3) is 0.238. The van der Waals surface area contributed by atoms with E-state index in [4.69, 9.17) is 10.5 Å². The maximum absolute atomic E-state index is 13.1. The molecule has 0 spiro atoms. The minimum Gasteiger partial charge on any atom is -0.495 e. The van der Waals surface area contributed by atoms with Gasteiger partial charge in [0.25, 0.3) is 0 Å². The highest BCUT2D eigenvalue weighted by atomic mass is 32.2. The van der Waals surface area contributed by atoms with Crippen molar-refractivity contribution in [1.29, 1.82) is 0 Å². The van der Waals surface area contributed by atoms with E-state index < -0.39 is 12.7 Å². The van der Waals surface area contributed by atoms with E-state index in [0.717, 1.165) is 15.1 Å². The number of rotatable bonds is 5. The molecule has 152 valence electrons. The van der Waals surface area contributed by atoms with Crippen LogP contribution in [0.3, 0.4) is 0 Å². The highest BCUT2D eigenvalue weighted by molar-refractivity contribution is 7.98. The molecule has 1 heterocycles. The molecule has 0 aliphatic heterocycles. The molecule has 2 aromatic carbocycles. The number of nitrogens with zero attached hydrogens (tertiary/aromatic N) is 1. The quantitative estimate of drug-likeness (QED) is 0.348. The molecule has 0 unspecified atom stereocenters. The Kier molecular flexibility index (Phi) is 6.18. The van der Waals surface area contributed by atoms with Crippen LogP contribution in [0.1, 0.15) is 5.69 Å². The van der Waals surface area contributed by atoms with Gasteiger partial charge in [0, 0.05) is 16.0 Å². The predicted molar refractivity (Wildman–Crippen MR) is 113 cm³/mol. The molecule has 0 saturated heterocycles. The number of hydrogen-bond acceptors (Lipinski definition) is 4. The second kappa shape index (κ2) is 8.62. The lowest BCUT2D eigenvalue weighted by Gasteiger charge is -2.11. The van der Waals surface area contributed by atoms with Gasteiger partial charge in [-0.2, -0.15) is 13.2 Å². The molecule has 0 fully saturated rings. The number of methoxy groups -OCH3 is 1. The van der Waals surface area contributed by atoms with Gasteiger partial charge in [-0.25, -0.2) is 0 Å². The number of benzene rings is 2. The van der Waals surface area contributed by atoms with Crippen molar-refractivity contribution in [2.75, 3.05) is 31.0 Å². The third kappa shape index (κ3) is 4.93. The summed E-state index contributed by atoms with van der Waals surface area (Å²) in [6.07, 6.45) is -2.39. The molecule has 8 heteroatoms. The average molecular weight is 419 g/mol. The summed E-state index contributed by atoms with van der Waals surface area (Å²) in [5.41, 5.74) is 7.78. The zero-order chi connectivity index (χ0) is 21.0. The molecule has 0 radical (unpaired) electrons. The van der Waals surface area contributed by atoms with E-state index in [1.165, 1.54) is 0 Å². The van der Waals surface area contributed by atoms with Gasteiger partial charge >= 0.3 is 6.18 Å². The first-order valence-electron chi connectivity index (χ1n) is 8.71. The number of fused-ring (bicyclic) bond motifs is 1. The molecule has 0 bridgehead atoms. The molecule has 0 amide bonds. The molecule has 3 aromatic rings. The Labute approximate surface area is 171 Å². The summed E-state index contributed by atoms with van der Waals surface area (Å²) >= 11 is 1.60. The molecule has 0 aliphatic rings. The van der Waals surface area contributed by atoms with Gasteiger partial charge in [-0.15, -0.1) is 11.8 Å². The van der Waals surface area contributed by atoms with Gasteiger partial charge < -0.3 is 20.4 Å². The van der Waals surface area contributed by atoms with Gasteiger partial charge in [0.05, 0.1) is 30.6 Å². The summed E-state index contributed by atoms with van der Waals surface area (Å²) in [6.45, 7) is -0.876. The molecule has 4 nitrogen and oxygen atoms in total. The van der Waals surface area contributed by atoms with E-state index in [0.29, 0.717) is 22.3 Å². The van der Waals surface area contributed by atoms with Crippen molar-refractivity contribution in [2.45, 2.75) is 17.6 Å². The third-order valence-electron chi connectivity index (χ3n) is 4.31. The van der Waals surface area contributed by atoms with Crippen LogP contribution in [-0.2, 0) is 6.54 Å². The van der Waals surface area contributed by atoms with Gasteiger partial charge in [0.1, 0.15) is 12.3 Å². The maximum atomic E-state index is 13.1. The molecular weight excluding hydrogens is 399 g/mol. The average Bonchev–Trinajstić information content (AvgIpc) is 3.02.